The average molecular weight is 326 g/mol. The van der Waals surface area contributed by atoms with Gasteiger partial charge in [0, 0.05) is 45.1 Å². The summed E-state index contributed by atoms with van der Waals surface area (Å²) in [7, 11) is 3.78. The fourth-order valence-electron chi connectivity index (χ4n) is 3.33. The Morgan fingerprint density at radius 3 is 2.71 bits per heavy atom. The molecule has 3 rings (SSSR count). The second-order valence-corrected chi connectivity index (χ2v) is 6.37. The molecule has 0 radical (unpaired) electrons. The van der Waals surface area contributed by atoms with E-state index in [4.69, 9.17) is 0 Å². The van der Waals surface area contributed by atoms with Crippen LogP contribution in [0.3, 0.4) is 0 Å². The Balaban J connectivity index is 1.63. The molecule has 1 aromatic carbocycles. The van der Waals surface area contributed by atoms with Gasteiger partial charge in [0.25, 0.3) is 0 Å². The molecule has 0 saturated heterocycles. The second kappa shape index (κ2) is 7.43. The molecular formula is C19H26N4O. The van der Waals surface area contributed by atoms with Crippen molar-refractivity contribution in [3.63, 3.8) is 0 Å². The summed E-state index contributed by atoms with van der Waals surface area (Å²) >= 11 is 0. The fourth-order valence-corrected chi connectivity index (χ4v) is 3.33. The molecule has 1 aromatic heterocycles. The van der Waals surface area contributed by atoms with Gasteiger partial charge >= 0.3 is 0 Å². The summed E-state index contributed by atoms with van der Waals surface area (Å²) in [6.45, 7) is 1.31. The summed E-state index contributed by atoms with van der Waals surface area (Å²) < 4.78 is 2.03. The Bertz CT molecular complexity index is 733. The van der Waals surface area contributed by atoms with Gasteiger partial charge in [0.05, 0.1) is 0 Å². The van der Waals surface area contributed by atoms with Gasteiger partial charge in [0.15, 0.2) is 5.96 Å². The van der Waals surface area contributed by atoms with Crippen LogP contribution in [0.1, 0.15) is 35.1 Å². The number of phenols is 1. The molecule has 24 heavy (non-hydrogen) atoms. The van der Waals surface area contributed by atoms with Crippen LogP contribution in [0.4, 0.5) is 0 Å². The molecule has 5 heteroatoms. The highest BCUT2D eigenvalue weighted by atomic mass is 16.3. The number of nitrogens with one attached hydrogen (secondary N) is 2. The molecule has 0 amide bonds. The molecule has 0 unspecified atom stereocenters. The van der Waals surface area contributed by atoms with E-state index in [1.54, 1.807) is 7.05 Å². The van der Waals surface area contributed by atoms with Gasteiger partial charge in [-0.05, 0) is 54.5 Å². The van der Waals surface area contributed by atoms with Gasteiger partial charge < -0.3 is 20.3 Å². The SMILES string of the molecule is CN=C(NCc1ccn(C)c1)NCc1c(O)ccc2c1CCCC2. The first kappa shape index (κ1) is 16.4. The van der Waals surface area contributed by atoms with Crippen molar-refractivity contribution in [1.82, 2.24) is 15.2 Å². The van der Waals surface area contributed by atoms with Crippen LogP contribution in [0, 0.1) is 0 Å². The summed E-state index contributed by atoms with van der Waals surface area (Å²) in [6, 6.07) is 5.97. The lowest BCUT2D eigenvalue weighted by atomic mass is 9.88. The number of hydrogen-bond acceptors (Lipinski definition) is 2. The average Bonchev–Trinajstić information content (AvgIpc) is 3.02. The van der Waals surface area contributed by atoms with E-state index in [9.17, 15) is 5.11 Å². The number of phenolic OH excluding ortho intramolecular Hbond substituents is 1. The molecule has 5 nitrogen and oxygen atoms in total. The number of guanidine groups is 1. The summed E-state index contributed by atoms with van der Waals surface area (Å²) in [5, 5.41) is 16.9. The van der Waals surface area contributed by atoms with Gasteiger partial charge in [-0.1, -0.05) is 6.07 Å². The van der Waals surface area contributed by atoms with E-state index in [0.717, 1.165) is 30.9 Å². The van der Waals surface area contributed by atoms with Gasteiger partial charge in [0.1, 0.15) is 5.75 Å². The van der Waals surface area contributed by atoms with Crippen molar-refractivity contribution in [3.05, 3.63) is 52.8 Å². The molecule has 0 aliphatic heterocycles. The zero-order valence-electron chi connectivity index (χ0n) is 14.5. The maximum absolute atomic E-state index is 10.3. The number of fused-ring (bicyclic) bond motifs is 1. The predicted molar refractivity (Wildman–Crippen MR) is 97.2 cm³/mol. The van der Waals surface area contributed by atoms with E-state index < -0.39 is 0 Å². The topological polar surface area (TPSA) is 61.6 Å². The third-order valence-corrected chi connectivity index (χ3v) is 4.64. The highest BCUT2D eigenvalue weighted by molar-refractivity contribution is 5.79. The third kappa shape index (κ3) is 3.72. The highest BCUT2D eigenvalue weighted by Crippen LogP contribution is 2.30. The Hall–Kier alpha value is -2.43. The van der Waals surface area contributed by atoms with Crippen molar-refractivity contribution in [2.24, 2.45) is 12.0 Å². The number of nitrogens with zero attached hydrogens (tertiary/aromatic N) is 2. The summed E-state index contributed by atoms with van der Waals surface area (Å²) in [5.41, 5.74) is 4.91. The van der Waals surface area contributed by atoms with Gasteiger partial charge in [-0.15, -0.1) is 0 Å². The minimum absolute atomic E-state index is 0.377. The van der Waals surface area contributed by atoms with E-state index in [1.165, 1.54) is 29.5 Å². The van der Waals surface area contributed by atoms with Crippen LogP contribution in [-0.4, -0.2) is 22.7 Å². The molecular weight excluding hydrogens is 300 g/mol. The van der Waals surface area contributed by atoms with Crippen molar-refractivity contribution in [1.29, 1.82) is 0 Å². The molecule has 2 aromatic rings. The molecule has 1 aliphatic rings. The van der Waals surface area contributed by atoms with Crippen LogP contribution in [0.2, 0.25) is 0 Å². The van der Waals surface area contributed by atoms with Crippen molar-refractivity contribution in [3.8, 4) is 5.75 Å². The zero-order chi connectivity index (χ0) is 16.9. The largest absolute Gasteiger partial charge is 0.508 e. The van der Waals surface area contributed by atoms with Crippen LogP contribution < -0.4 is 10.6 Å². The summed E-state index contributed by atoms with van der Waals surface area (Å²) in [5.74, 6) is 1.12. The summed E-state index contributed by atoms with van der Waals surface area (Å²) in [6.07, 6.45) is 8.72. The van der Waals surface area contributed by atoms with Crippen LogP contribution in [0.5, 0.6) is 5.75 Å². The van der Waals surface area contributed by atoms with Crippen LogP contribution in [-0.2, 0) is 33.0 Å². The predicted octanol–water partition coefficient (Wildman–Crippen LogP) is 2.47. The molecule has 0 fully saturated rings. The van der Waals surface area contributed by atoms with Crippen LogP contribution >= 0.6 is 0 Å². The monoisotopic (exact) mass is 326 g/mol. The minimum Gasteiger partial charge on any atom is -0.508 e. The normalized spacial score (nSPS) is 14.3. The maximum Gasteiger partial charge on any atom is 0.191 e. The molecule has 1 aliphatic carbocycles. The van der Waals surface area contributed by atoms with E-state index in [2.05, 4.69) is 34.0 Å². The molecule has 3 N–H and O–H groups in total. The zero-order valence-corrected chi connectivity index (χ0v) is 14.5. The lowest BCUT2D eigenvalue weighted by Gasteiger charge is -2.21. The van der Waals surface area contributed by atoms with Crippen LogP contribution in [0.15, 0.2) is 35.6 Å². The molecule has 128 valence electrons. The van der Waals surface area contributed by atoms with Gasteiger partial charge in [-0.2, -0.15) is 0 Å². The van der Waals surface area contributed by atoms with Crippen LogP contribution in [0.25, 0.3) is 0 Å². The lowest BCUT2D eigenvalue weighted by Crippen LogP contribution is -2.36. The number of aromatic nitrogens is 1. The van der Waals surface area contributed by atoms with Gasteiger partial charge in [0.2, 0.25) is 0 Å². The lowest BCUT2D eigenvalue weighted by molar-refractivity contribution is 0.464. The first-order valence-electron chi connectivity index (χ1n) is 8.55. The Morgan fingerprint density at radius 1 is 1.17 bits per heavy atom. The smallest absolute Gasteiger partial charge is 0.191 e. The van der Waals surface area contributed by atoms with Crippen molar-refractivity contribution >= 4 is 5.96 Å². The maximum atomic E-state index is 10.3. The Morgan fingerprint density at radius 2 is 1.96 bits per heavy atom. The molecule has 1 heterocycles. The van der Waals surface area contributed by atoms with Crippen molar-refractivity contribution in [2.45, 2.75) is 38.8 Å². The Kier molecular flexibility index (Phi) is 5.08. The third-order valence-electron chi connectivity index (χ3n) is 4.64. The molecule has 0 spiro atoms. The van der Waals surface area contributed by atoms with Gasteiger partial charge in [-0.3, -0.25) is 4.99 Å². The minimum atomic E-state index is 0.377. The first-order chi connectivity index (χ1) is 11.7. The highest BCUT2D eigenvalue weighted by Gasteiger charge is 2.16. The van der Waals surface area contributed by atoms with E-state index in [0.29, 0.717) is 12.3 Å². The number of aromatic hydroxyl groups is 1. The summed E-state index contributed by atoms with van der Waals surface area (Å²) in [4.78, 5) is 4.27. The molecule has 0 atom stereocenters. The number of benzene rings is 1. The second-order valence-electron chi connectivity index (χ2n) is 6.37. The van der Waals surface area contributed by atoms with E-state index >= 15 is 0 Å². The number of aliphatic imine (C=N–C) groups is 1. The van der Waals surface area contributed by atoms with E-state index in [1.807, 2.05) is 23.9 Å². The number of hydrogen-bond donors (Lipinski definition) is 3. The fraction of sp³-hybridized carbons (Fsp3) is 0.421. The van der Waals surface area contributed by atoms with Crippen molar-refractivity contribution < 1.29 is 5.11 Å². The standard InChI is InChI=1S/C19H26N4O/c1-20-19(21-11-14-9-10-23(2)13-14)22-12-17-16-6-4-3-5-15(16)7-8-18(17)24/h7-10,13,24H,3-6,11-12H2,1-2H3,(H2,20,21,22). The number of aryl methyl sites for hydroxylation is 2. The van der Waals surface area contributed by atoms with E-state index in [-0.39, 0.29) is 0 Å². The first-order valence-corrected chi connectivity index (χ1v) is 8.55. The van der Waals surface area contributed by atoms with Gasteiger partial charge in [-0.25, -0.2) is 0 Å². The molecule has 0 bridgehead atoms. The molecule has 0 saturated carbocycles. The van der Waals surface area contributed by atoms with Crippen molar-refractivity contribution in [2.75, 3.05) is 7.05 Å². The number of rotatable bonds is 4. The Labute approximate surface area is 143 Å². The quantitative estimate of drug-likeness (QED) is 0.597.